The predicted octanol–water partition coefficient (Wildman–Crippen LogP) is 3.69. The lowest BCUT2D eigenvalue weighted by molar-refractivity contribution is 0.0713. The maximum absolute atomic E-state index is 14.0. The first-order valence-corrected chi connectivity index (χ1v) is 10.7. The fraction of sp³-hybridized carbons (Fsp3) is 0.227. The molecule has 0 radical (unpaired) electrons. The molecule has 1 aromatic heterocycles. The fourth-order valence-corrected chi connectivity index (χ4v) is 4.41. The Labute approximate surface area is 171 Å². The van der Waals surface area contributed by atoms with E-state index in [0.29, 0.717) is 37.6 Å². The molecule has 0 bridgehead atoms. The van der Waals surface area contributed by atoms with E-state index < -0.39 is 10.8 Å². The third-order valence-corrected chi connectivity index (χ3v) is 6.26. The van der Waals surface area contributed by atoms with Gasteiger partial charge in [0, 0.05) is 31.1 Å². The van der Waals surface area contributed by atoms with E-state index in [1.807, 2.05) is 23.1 Å². The molecule has 1 aliphatic heterocycles. The summed E-state index contributed by atoms with van der Waals surface area (Å²) in [6.07, 6.45) is 0. The summed E-state index contributed by atoms with van der Waals surface area (Å²) in [7, 11) is -1.23. The lowest BCUT2D eigenvalue weighted by Crippen LogP contribution is -2.49. The summed E-state index contributed by atoms with van der Waals surface area (Å²) >= 11 is 0. The third-order valence-electron chi connectivity index (χ3n) is 4.91. The molecule has 1 fully saturated rings. The van der Waals surface area contributed by atoms with Crippen molar-refractivity contribution in [1.29, 1.82) is 0 Å². The van der Waals surface area contributed by atoms with Gasteiger partial charge < -0.3 is 14.2 Å². The molecule has 1 aliphatic rings. The van der Waals surface area contributed by atoms with E-state index >= 15 is 0 Å². The van der Waals surface area contributed by atoms with Crippen molar-refractivity contribution in [2.45, 2.75) is 10.6 Å². The van der Waals surface area contributed by atoms with E-state index in [-0.39, 0.29) is 23.2 Å². The van der Waals surface area contributed by atoms with Crippen LogP contribution in [0.5, 0.6) is 0 Å². The maximum Gasteiger partial charge on any atom is 0.289 e. The molecule has 2 aromatic carbocycles. The van der Waals surface area contributed by atoms with E-state index in [1.54, 1.807) is 47.4 Å². The molecule has 3 aromatic rings. The summed E-state index contributed by atoms with van der Waals surface area (Å²) in [5.41, 5.74) is 0.559. The Hall–Kier alpha value is -2.93. The molecule has 0 saturated carbocycles. The van der Waals surface area contributed by atoms with Crippen molar-refractivity contribution in [2.75, 3.05) is 31.1 Å². The van der Waals surface area contributed by atoms with Gasteiger partial charge in [0.05, 0.1) is 22.2 Å². The number of para-hydroxylation sites is 1. The molecule has 1 atom stereocenters. The van der Waals surface area contributed by atoms with Crippen molar-refractivity contribution in [3.05, 3.63) is 84.1 Å². The highest BCUT2D eigenvalue weighted by Gasteiger charge is 2.25. The zero-order valence-corrected chi connectivity index (χ0v) is 16.6. The number of piperazine rings is 1. The van der Waals surface area contributed by atoms with Gasteiger partial charge in [-0.2, -0.15) is 0 Å². The largest absolute Gasteiger partial charge is 0.455 e. The molecule has 150 valence electrons. The minimum Gasteiger partial charge on any atom is -0.455 e. The standard InChI is InChI=1S/C22H21FN2O3S/c23-19-8-4-5-9-20(19)24-12-14-25(15-13-24)22(26)21-11-10-17(28-21)16-29(27)18-6-2-1-3-7-18/h1-11H,12-16H2/t29-/m0/s1. The Kier molecular flexibility index (Phi) is 5.76. The smallest absolute Gasteiger partial charge is 0.289 e. The third kappa shape index (κ3) is 4.40. The summed E-state index contributed by atoms with van der Waals surface area (Å²) in [4.78, 5) is 17.1. The molecule has 1 amide bonds. The molecule has 1 saturated heterocycles. The highest BCUT2D eigenvalue weighted by Crippen LogP contribution is 2.21. The molecule has 0 unspecified atom stereocenters. The van der Waals surface area contributed by atoms with E-state index in [2.05, 4.69) is 0 Å². The van der Waals surface area contributed by atoms with Crippen molar-refractivity contribution in [2.24, 2.45) is 0 Å². The van der Waals surface area contributed by atoms with Crippen LogP contribution in [0.1, 0.15) is 16.3 Å². The number of carbonyl (C=O) groups is 1. The average Bonchev–Trinajstić information content (AvgIpc) is 3.23. The number of halogens is 1. The summed E-state index contributed by atoms with van der Waals surface area (Å²) in [6, 6.07) is 19.1. The van der Waals surface area contributed by atoms with Crippen LogP contribution in [-0.2, 0) is 16.6 Å². The zero-order chi connectivity index (χ0) is 20.2. The van der Waals surface area contributed by atoms with Gasteiger partial charge in [0.2, 0.25) is 0 Å². The topological polar surface area (TPSA) is 53.8 Å². The molecular weight excluding hydrogens is 391 g/mol. The van der Waals surface area contributed by atoms with E-state index in [1.165, 1.54) is 6.07 Å². The quantitative estimate of drug-likeness (QED) is 0.641. The van der Waals surface area contributed by atoms with Crippen LogP contribution in [0, 0.1) is 5.82 Å². The van der Waals surface area contributed by atoms with Crippen LogP contribution in [0.2, 0.25) is 0 Å². The molecule has 0 spiro atoms. The first-order valence-electron chi connectivity index (χ1n) is 9.43. The van der Waals surface area contributed by atoms with Crippen LogP contribution in [0.25, 0.3) is 0 Å². The molecule has 4 rings (SSSR count). The number of amides is 1. The van der Waals surface area contributed by atoms with Crippen LogP contribution >= 0.6 is 0 Å². The van der Waals surface area contributed by atoms with E-state index in [4.69, 9.17) is 4.42 Å². The van der Waals surface area contributed by atoms with Gasteiger partial charge in [-0.25, -0.2) is 4.39 Å². The first kappa shape index (κ1) is 19.4. The second-order valence-corrected chi connectivity index (χ2v) is 8.25. The van der Waals surface area contributed by atoms with Crippen molar-refractivity contribution >= 4 is 22.4 Å². The van der Waals surface area contributed by atoms with Gasteiger partial charge in [-0.1, -0.05) is 30.3 Å². The average molecular weight is 412 g/mol. The van der Waals surface area contributed by atoms with Crippen LogP contribution in [0.4, 0.5) is 10.1 Å². The summed E-state index contributed by atoms with van der Waals surface area (Å²) in [5, 5.41) is 0. The van der Waals surface area contributed by atoms with Crippen LogP contribution < -0.4 is 4.90 Å². The number of hydrogen-bond acceptors (Lipinski definition) is 4. The van der Waals surface area contributed by atoms with Crippen molar-refractivity contribution in [3.63, 3.8) is 0 Å². The van der Waals surface area contributed by atoms with E-state index in [0.717, 1.165) is 4.90 Å². The number of anilines is 1. The van der Waals surface area contributed by atoms with Crippen molar-refractivity contribution in [1.82, 2.24) is 4.90 Å². The summed E-state index contributed by atoms with van der Waals surface area (Å²) < 4.78 is 32.0. The molecule has 0 aliphatic carbocycles. The molecule has 29 heavy (non-hydrogen) atoms. The monoisotopic (exact) mass is 412 g/mol. The number of hydrogen-bond donors (Lipinski definition) is 0. The lowest BCUT2D eigenvalue weighted by Gasteiger charge is -2.35. The van der Waals surface area contributed by atoms with Gasteiger partial charge in [0.1, 0.15) is 11.6 Å². The SMILES string of the molecule is O=C(c1ccc(C[S@](=O)c2ccccc2)o1)N1CCN(c2ccccc2F)CC1. The number of benzene rings is 2. The molecule has 0 N–H and O–H groups in total. The molecule has 5 nitrogen and oxygen atoms in total. The number of carbonyl (C=O) groups excluding carboxylic acids is 1. The Morgan fingerprint density at radius 3 is 2.34 bits per heavy atom. The lowest BCUT2D eigenvalue weighted by atomic mass is 10.2. The van der Waals surface area contributed by atoms with Crippen LogP contribution in [0.3, 0.4) is 0 Å². The van der Waals surface area contributed by atoms with Gasteiger partial charge in [-0.3, -0.25) is 9.00 Å². The van der Waals surface area contributed by atoms with Crippen LogP contribution in [-0.4, -0.2) is 41.2 Å². The minimum absolute atomic E-state index is 0.199. The Morgan fingerprint density at radius 2 is 1.62 bits per heavy atom. The molecule has 2 heterocycles. The second kappa shape index (κ2) is 8.61. The Balaban J connectivity index is 1.36. The van der Waals surface area contributed by atoms with Gasteiger partial charge in [0.25, 0.3) is 5.91 Å². The van der Waals surface area contributed by atoms with Crippen molar-refractivity contribution < 1.29 is 17.8 Å². The predicted molar refractivity (Wildman–Crippen MR) is 110 cm³/mol. The molecule has 7 heteroatoms. The number of nitrogens with zero attached hydrogens (tertiary/aromatic N) is 2. The highest BCUT2D eigenvalue weighted by atomic mass is 32.2. The Bertz CT molecular complexity index is 1010. The Morgan fingerprint density at radius 1 is 0.931 bits per heavy atom. The summed E-state index contributed by atoms with van der Waals surface area (Å²) in [6.45, 7) is 2.08. The normalized spacial score (nSPS) is 15.3. The van der Waals surface area contributed by atoms with Gasteiger partial charge >= 0.3 is 0 Å². The fourth-order valence-electron chi connectivity index (χ4n) is 3.37. The van der Waals surface area contributed by atoms with Crippen LogP contribution in [0.15, 0.2) is 76.0 Å². The minimum atomic E-state index is -1.23. The van der Waals surface area contributed by atoms with Gasteiger partial charge in [0.15, 0.2) is 5.76 Å². The second-order valence-electron chi connectivity index (χ2n) is 6.80. The number of rotatable bonds is 5. The maximum atomic E-state index is 14.0. The van der Waals surface area contributed by atoms with E-state index in [9.17, 15) is 13.4 Å². The summed E-state index contributed by atoms with van der Waals surface area (Å²) in [5.74, 6) is 0.521. The van der Waals surface area contributed by atoms with Gasteiger partial charge in [-0.05, 0) is 36.4 Å². The molecular formula is C22H21FN2O3S. The zero-order valence-electron chi connectivity index (χ0n) is 15.8. The first-order chi connectivity index (χ1) is 14.1. The van der Waals surface area contributed by atoms with Gasteiger partial charge in [-0.15, -0.1) is 0 Å². The number of furan rings is 1. The van der Waals surface area contributed by atoms with Crippen molar-refractivity contribution in [3.8, 4) is 0 Å². The highest BCUT2D eigenvalue weighted by molar-refractivity contribution is 7.84.